The van der Waals surface area contributed by atoms with Gasteiger partial charge in [0.15, 0.2) is 29.5 Å². The van der Waals surface area contributed by atoms with Gasteiger partial charge in [-0.2, -0.15) is 0 Å². The molecule has 4 aliphatic rings. The maximum atomic E-state index is 12.6. The number of hydrogen-bond donors (Lipinski definition) is 2. The van der Waals surface area contributed by atoms with E-state index >= 15 is 0 Å². The highest BCUT2D eigenvalue weighted by atomic mass is 16.6. The zero-order valence-electron chi connectivity index (χ0n) is 19.5. The zero-order chi connectivity index (χ0) is 24.4. The largest absolute Gasteiger partial charge is 0.504 e. The summed E-state index contributed by atoms with van der Waals surface area (Å²) in [5.74, 6) is -0.948. The third kappa shape index (κ3) is 3.10. The first-order chi connectivity index (χ1) is 16.1. The third-order valence-corrected chi connectivity index (χ3v) is 8.00. The molecule has 0 aromatic heterocycles. The molecule has 2 N–H and O–H groups in total. The van der Waals surface area contributed by atoms with E-state index in [1.54, 1.807) is 12.1 Å². The number of likely N-dealkylation sites (tertiary alicyclic amines) is 1. The van der Waals surface area contributed by atoms with Crippen LogP contribution < -0.4 is 4.74 Å². The predicted molar refractivity (Wildman–Crippen MR) is 118 cm³/mol. The molecule has 0 amide bonds. The van der Waals surface area contributed by atoms with Crippen LogP contribution in [0.3, 0.4) is 0 Å². The van der Waals surface area contributed by atoms with Gasteiger partial charge < -0.3 is 29.3 Å². The van der Waals surface area contributed by atoms with Crippen molar-refractivity contribution < 1.29 is 38.8 Å². The standard InChI is InChI=1S/C25H29NO8/c1-13(27)14(2)32-19(29)6-7-20(30)33-17-8-9-25(31)18-12-15-4-5-16(28)22-21(15)24(25,23(17)34-22)10-11-26(18)3/h4-5,8,14,18,23,28,31H,6-7,9-12H2,1-3H3/t14-,18+,23-,24-,25+/m0/s1. The molecule has 1 spiro atoms. The Morgan fingerprint density at radius 3 is 2.74 bits per heavy atom. The number of likely N-dealkylation sites (N-methyl/N-ethyl adjacent to an activating group) is 1. The summed E-state index contributed by atoms with van der Waals surface area (Å²) in [5.41, 5.74) is -0.148. The second-order valence-corrected chi connectivity index (χ2v) is 9.82. The minimum Gasteiger partial charge on any atom is -0.504 e. The van der Waals surface area contributed by atoms with E-state index in [1.807, 2.05) is 13.1 Å². The van der Waals surface area contributed by atoms with Crippen LogP contribution >= 0.6 is 0 Å². The number of phenolic OH excluding ortho intramolecular Hbond substituents is 1. The lowest BCUT2D eigenvalue weighted by Gasteiger charge is -2.61. The lowest BCUT2D eigenvalue weighted by molar-refractivity contribution is -0.169. The van der Waals surface area contributed by atoms with E-state index in [2.05, 4.69) is 4.90 Å². The lowest BCUT2D eigenvalue weighted by Crippen LogP contribution is -2.74. The molecule has 34 heavy (non-hydrogen) atoms. The number of aliphatic hydroxyl groups is 1. The fourth-order valence-electron chi connectivity index (χ4n) is 6.16. The van der Waals surface area contributed by atoms with E-state index in [9.17, 15) is 24.6 Å². The molecular weight excluding hydrogens is 442 g/mol. The predicted octanol–water partition coefficient (Wildman–Crippen LogP) is 1.51. The molecule has 182 valence electrons. The van der Waals surface area contributed by atoms with Gasteiger partial charge in [0, 0.05) is 18.0 Å². The van der Waals surface area contributed by atoms with E-state index < -0.39 is 35.2 Å². The average Bonchev–Trinajstić information content (AvgIpc) is 3.14. The van der Waals surface area contributed by atoms with Gasteiger partial charge in [0.05, 0.1) is 23.9 Å². The first-order valence-corrected chi connectivity index (χ1v) is 11.6. The Labute approximate surface area is 197 Å². The number of phenols is 1. The Balaban J connectivity index is 1.40. The molecule has 2 aliphatic carbocycles. The Bertz CT molecular complexity index is 1110. The van der Waals surface area contributed by atoms with Crippen LogP contribution in [0.25, 0.3) is 0 Å². The topological polar surface area (TPSA) is 123 Å². The van der Waals surface area contributed by atoms with Crippen molar-refractivity contribution in [3.63, 3.8) is 0 Å². The zero-order valence-corrected chi connectivity index (χ0v) is 19.5. The molecule has 0 radical (unpaired) electrons. The van der Waals surface area contributed by atoms with Crippen LogP contribution in [0.5, 0.6) is 11.5 Å². The number of carbonyl (C=O) groups is 3. The summed E-state index contributed by atoms with van der Waals surface area (Å²) in [5, 5.41) is 22.6. The molecule has 2 bridgehead atoms. The number of Topliss-reactive ketones (excluding diaryl/α,β-unsaturated/α-hetero) is 1. The molecule has 1 aromatic carbocycles. The van der Waals surface area contributed by atoms with Crippen LogP contribution in [0.15, 0.2) is 24.0 Å². The van der Waals surface area contributed by atoms with Crippen LogP contribution in [0.4, 0.5) is 0 Å². The summed E-state index contributed by atoms with van der Waals surface area (Å²) in [6.07, 6.45) is 1.11. The number of nitrogens with zero attached hydrogens (tertiary/aromatic N) is 1. The van der Waals surface area contributed by atoms with Crippen molar-refractivity contribution >= 4 is 17.7 Å². The van der Waals surface area contributed by atoms with E-state index in [0.717, 1.165) is 17.7 Å². The molecule has 2 heterocycles. The van der Waals surface area contributed by atoms with Gasteiger partial charge in [-0.1, -0.05) is 6.07 Å². The maximum absolute atomic E-state index is 12.6. The van der Waals surface area contributed by atoms with Gasteiger partial charge in [0.25, 0.3) is 0 Å². The van der Waals surface area contributed by atoms with Crippen LogP contribution in [-0.2, 0) is 35.7 Å². The summed E-state index contributed by atoms with van der Waals surface area (Å²) in [7, 11) is 2.00. The van der Waals surface area contributed by atoms with E-state index in [1.165, 1.54) is 13.8 Å². The number of piperidine rings is 1. The van der Waals surface area contributed by atoms with Crippen LogP contribution in [0.1, 0.15) is 50.7 Å². The molecule has 1 saturated heterocycles. The van der Waals surface area contributed by atoms with Crippen molar-refractivity contribution in [2.24, 2.45) is 0 Å². The molecule has 2 aliphatic heterocycles. The van der Waals surface area contributed by atoms with Gasteiger partial charge >= 0.3 is 11.9 Å². The molecule has 5 rings (SSSR count). The van der Waals surface area contributed by atoms with E-state index in [0.29, 0.717) is 18.6 Å². The van der Waals surface area contributed by atoms with Gasteiger partial charge in [-0.25, -0.2) is 0 Å². The number of benzene rings is 1. The lowest BCUT2D eigenvalue weighted by atomic mass is 9.50. The van der Waals surface area contributed by atoms with E-state index in [4.69, 9.17) is 14.2 Å². The minimum atomic E-state index is -1.14. The highest BCUT2D eigenvalue weighted by Gasteiger charge is 2.72. The first-order valence-electron chi connectivity index (χ1n) is 11.6. The van der Waals surface area contributed by atoms with Gasteiger partial charge in [-0.3, -0.25) is 14.4 Å². The fourth-order valence-corrected chi connectivity index (χ4v) is 6.16. The van der Waals surface area contributed by atoms with Gasteiger partial charge in [0.1, 0.15) is 5.76 Å². The van der Waals surface area contributed by atoms with E-state index in [-0.39, 0.29) is 42.6 Å². The quantitative estimate of drug-likeness (QED) is 0.595. The number of carbonyl (C=O) groups excluding carboxylic acids is 3. The summed E-state index contributed by atoms with van der Waals surface area (Å²) < 4.78 is 16.9. The Morgan fingerprint density at radius 1 is 1.26 bits per heavy atom. The normalized spacial score (nSPS) is 31.6. The van der Waals surface area contributed by atoms with Crippen molar-refractivity contribution in [3.8, 4) is 11.5 Å². The van der Waals surface area contributed by atoms with Crippen LogP contribution in [0, 0.1) is 0 Å². The number of hydrogen-bond acceptors (Lipinski definition) is 9. The first kappa shape index (κ1) is 22.9. The van der Waals surface area contributed by atoms with Crippen molar-refractivity contribution in [1.29, 1.82) is 0 Å². The van der Waals surface area contributed by atoms with Crippen molar-refractivity contribution in [2.45, 2.75) is 75.2 Å². The summed E-state index contributed by atoms with van der Waals surface area (Å²) >= 11 is 0. The monoisotopic (exact) mass is 471 g/mol. The SMILES string of the molecule is CC(=O)[C@H](C)OC(=O)CCC(=O)OC1=CC[C@@]2(O)[C@H]3Cc4ccc(O)c5c4[C@@]2(CCN3C)[C@H]1O5. The van der Waals surface area contributed by atoms with Crippen molar-refractivity contribution in [2.75, 3.05) is 13.6 Å². The van der Waals surface area contributed by atoms with Crippen molar-refractivity contribution in [3.05, 3.63) is 35.1 Å². The number of esters is 2. The number of ether oxygens (including phenoxy) is 3. The molecule has 1 aromatic rings. The molecule has 9 heteroatoms. The molecule has 0 saturated carbocycles. The maximum Gasteiger partial charge on any atom is 0.311 e. The fraction of sp³-hybridized carbons (Fsp3) is 0.560. The highest BCUT2D eigenvalue weighted by Crippen LogP contribution is 2.65. The van der Waals surface area contributed by atoms with Crippen LogP contribution in [0.2, 0.25) is 0 Å². The number of aromatic hydroxyl groups is 1. The minimum absolute atomic E-state index is 0.00438. The molecule has 0 unspecified atom stereocenters. The highest BCUT2D eigenvalue weighted by molar-refractivity contribution is 5.84. The number of rotatable bonds is 6. The molecule has 1 fully saturated rings. The molecular formula is C25H29NO8. The third-order valence-electron chi connectivity index (χ3n) is 8.00. The molecule has 5 atom stereocenters. The molecule has 9 nitrogen and oxygen atoms in total. The van der Waals surface area contributed by atoms with Gasteiger partial charge in [-0.05, 0) is 58.0 Å². The average molecular weight is 472 g/mol. The number of ketones is 1. The second-order valence-electron chi connectivity index (χ2n) is 9.82. The Kier molecular flexibility index (Phi) is 5.25. The van der Waals surface area contributed by atoms with Gasteiger partial charge in [0.2, 0.25) is 0 Å². The summed E-state index contributed by atoms with van der Waals surface area (Å²) in [4.78, 5) is 38.0. The Morgan fingerprint density at radius 2 is 2.00 bits per heavy atom. The second kappa shape index (κ2) is 7.81. The summed E-state index contributed by atoms with van der Waals surface area (Å²) in [6.45, 7) is 3.52. The summed E-state index contributed by atoms with van der Waals surface area (Å²) in [6, 6.07) is 3.35. The Hall–Kier alpha value is -2.91. The smallest absolute Gasteiger partial charge is 0.311 e. The van der Waals surface area contributed by atoms with Gasteiger partial charge in [-0.15, -0.1) is 0 Å². The van der Waals surface area contributed by atoms with Crippen molar-refractivity contribution in [1.82, 2.24) is 4.90 Å². The van der Waals surface area contributed by atoms with Crippen LogP contribution in [-0.4, -0.2) is 70.3 Å².